The Bertz CT molecular complexity index is 477. The van der Waals surface area contributed by atoms with Crippen molar-refractivity contribution in [1.82, 2.24) is 0 Å². The Balaban J connectivity index is 2.18. The van der Waals surface area contributed by atoms with E-state index in [0.717, 1.165) is 17.0 Å². The van der Waals surface area contributed by atoms with Crippen LogP contribution in [0.4, 0.5) is 5.69 Å². The Kier molecular flexibility index (Phi) is 3.38. The molecule has 2 aromatic rings. The molecule has 1 aromatic carbocycles. The van der Waals surface area contributed by atoms with Gasteiger partial charge in [0.1, 0.15) is 5.75 Å². The summed E-state index contributed by atoms with van der Waals surface area (Å²) >= 11 is 0. The van der Waals surface area contributed by atoms with Gasteiger partial charge in [-0.25, -0.2) is 0 Å². The molecule has 1 unspecified atom stereocenters. The third-order valence-electron chi connectivity index (χ3n) is 2.77. The van der Waals surface area contributed by atoms with Gasteiger partial charge in [-0.05, 0) is 37.6 Å². The van der Waals surface area contributed by atoms with Crippen molar-refractivity contribution in [3.63, 3.8) is 0 Å². The third-order valence-corrected chi connectivity index (χ3v) is 2.77. The molecule has 0 bridgehead atoms. The first kappa shape index (κ1) is 11.6. The minimum Gasteiger partial charge on any atom is -0.495 e. The summed E-state index contributed by atoms with van der Waals surface area (Å²) in [5.41, 5.74) is 3.29. The number of hydrogen-bond donors (Lipinski definition) is 1. The Morgan fingerprint density at radius 3 is 2.76 bits per heavy atom. The molecule has 1 aromatic heterocycles. The molecule has 0 saturated heterocycles. The number of rotatable bonds is 4. The summed E-state index contributed by atoms with van der Waals surface area (Å²) in [5, 5.41) is 3.41. The summed E-state index contributed by atoms with van der Waals surface area (Å²) in [4.78, 5) is 0. The highest BCUT2D eigenvalue weighted by Gasteiger charge is 2.09. The molecule has 0 spiro atoms. The topological polar surface area (TPSA) is 34.4 Å². The standard InChI is InChI=1S/C14H17NO2/c1-10-4-5-13(14(8-10)16-3)15-11(2)12-6-7-17-9-12/h4-9,11,15H,1-3H3. The van der Waals surface area contributed by atoms with Crippen LogP contribution in [0, 0.1) is 6.92 Å². The molecule has 0 aliphatic rings. The van der Waals surface area contributed by atoms with Crippen molar-refractivity contribution in [2.75, 3.05) is 12.4 Å². The van der Waals surface area contributed by atoms with Crippen LogP contribution in [0.2, 0.25) is 0 Å². The predicted octanol–water partition coefficient (Wildman–Crippen LogP) is 3.77. The fourth-order valence-corrected chi connectivity index (χ4v) is 1.76. The predicted molar refractivity (Wildman–Crippen MR) is 68.5 cm³/mol. The summed E-state index contributed by atoms with van der Waals surface area (Å²) in [6.07, 6.45) is 3.43. The lowest BCUT2D eigenvalue weighted by Gasteiger charge is -2.16. The van der Waals surface area contributed by atoms with Crippen LogP contribution in [0.1, 0.15) is 24.1 Å². The number of methoxy groups -OCH3 is 1. The Hall–Kier alpha value is -1.90. The minimum absolute atomic E-state index is 0.186. The smallest absolute Gasteiger partial charge is 0.142 e. The molecule has 17 heavy (non-hydrogen) atoms. The fraction of sp³-hybridized carbons (Fsp3) is 0.286. The van der Waals surface area contributed by atoms with Crippen LogP contribution in [0.25, 0.3) is 0 Å². The molecule has 0 aliphatic heterocycles. The van der Waals surface area contributed by atoms with Gasteiger partial charge in [-0.2, -0.15) is 0 Å². The van der Waals surface area contributed by atoms with Gasteiger partial charge in [0.2, 0.25) is 0 Å². The van der Waals surface area contributed by atoms with E-state index in [1.54, 1.807) is 19.6 Å². The van der Waals surface area contributed by atoms with Gasteiger partial charge in [0, 0.05) is 5.56 Å². The second kappa shape index (κ2) is 4.95. The van der Waals surface area contributed by atoms with E-state index in [1.807, 2.05) is 25.1 Å². The third kappa shape index (κ3) is 2.61. The van der Waals surface area contributed by atoms with Crippen molar-refractivity contribution < 1.29 is 9.15 Å². The van der Waals surface area contributed by atoms with E-state index in [-0.39, 0.29) is 6.04 Å². The molecule has 0 saturated carbocycles. The molecule has 3 heteroatoms. The van der Waals surface area contributed by atoms with Crippen molar-refractivity contribution in [2.24, 2.45) is 0 Å². The summed E-state index contributed by atoms with van der Waals surface area (Å²) in [7, 11) is 1.68. The molecule has 0 fully saturated rings. The normalized spacial score (nSPS) is 12.2. The van der Waals surface area contributed by atoms with Crippen LogP contribution >= 0.6 is 0 Å². The van der Waals surface area contributed by atoms with Crippen molar-refractivity contribution >= 4 is 5.69 Å². The maximum atomic E-state index is 5.36. The first-order valence-corrected chi connectivity index (χ1v) is 5.64. The summed E-state index contributed by atoms with van der Waals surface area (Å²) in [5.74, 6) is 0.861. The summed E-state index contributed by atoms with van der Waals surface area (Å²) in [6.45, 7) is 4.13. The van der Waals surface area contributed by atoms with Gasteiger partial charge in [-0.15, -0.1) is 0 Å². The lowest BCUT2D eigenvalue weighted by molar-refractivity contribution is 0.415. The van der Waals surface area contributed by atoms with E-state index in [9.17, 15) is 0 Å². The van der Waals surface area contributed by atoms with Gasteiger partial charge in [0.25, 0.3) is 0 Å². The van der Waals surface area contributed by atoms with Crippen LogP contribution < -0.4 is 10.1 Å². The second-order valence-corrected chi connectivity index (χ2v) is 4.13. The van der Waals surface area contributed by atoms with Gasteiger partial charge >= 0.3 is 0 Å². The van der Waals surface area contributed by atoms with Crippen LogP contribution in [-0.4, -0.2) is 7.11 Å². The molecule has 0 radical (unpaired) electrons. The molecule has 3 nitrogen and oxygen atoms in total. The van der Waals surface area contributed by atoms with E-state index in [2.05, 4.69) is 18.3 Å². The average molecular weight is 231 g/mol. The first-order chi connectivity index (χ1) is 8.20. The number of furan rings is 1. The highest BCUT2D eigenvalue weighted by molar-refractivity contribution is 5.58. The van der Waals surface area contributed by atoms with E-state index in [4.69, 9.17) is 9.15 Å². The Labute approximate surface area is 101 Å². The number of ether oxygens (including phenoxy) is 1. The van der Waals surface area contributed by atoms with Gasteiger partial charge < -0.3 is 14.5 Å². The molecule has 0 aliphatic carbocycles. The lowest BCUT2D eigenvalue weighted by atomic mass is 10.1. The molecular weight excluding hydrogens is 214 g/mol. The highest BCUT2D eigenvalue weighted by atomic mass is 16.5. The summed E-state index contributed by atoms with van der Waals surface area (Å²) in [6, 6.07) is 8.26. The maximum Gasteiger partial charge on any atom is 0.142 e. The second-order valence-electron chi connectivity index (χ2n) is 4.13. The zero-order valence-electron chi connectivity index (χ0n) is 10.4. The number of aryl methyl sites for hydroxylation is 1. The Morgan fingerprint density at radius 1 is 1.29 bits per heavy atom. The minimum atomic E-state index is 0.186. The van der Waals surface area contributed by atoms with Crippen molar-refractivity contribution in [1.29, 1.82) is 0 Å². The molecule has 1 N–H and O–H groups in total. The quantitative estimate of drug-likeness (QED) is 0.869. The van der Waals surface area contributed by atoms with Crippen LogP contribution in [0.15, 0.2) is 41.2 Å². The monoisotopic (exact) mass is 231 g/mol. The van der Waals surface area contributed by atoms with Crippen molar-refractivity contribution in [3.8, 4) is 5.75 Å². The van der Waals surface area contributed by atoms with E-state index < -0.39 is 0 Å². The van der Waals surface area contributed by atoms with Crippen LogP contribution in [0.3, 0.4) is 0 Å². The number of anilines is 1. The SMILES string of the molecule is COc1cc(C)ccc1NC(C)c1ccoc1. The van der Waals surface area contributed by atoms with Crippen LogP contribution in [0.5, 0.6) is 5.75 Å². The number of nitrogens with one attached hydrogen (secondary N) is 1. The molecule has 1 heterocycles. The number of benzene rings is 1. The van der Waals surface area contributed by atoms with Gasteiger partial charge in [-0.3, -0.25) is 0 Å². The average Bonchev–Trinajstić information content (AvgIpc) is 2.85. The van der Waals surface area contributed by atoms with Crippen LogP contribution in [-0.2, 0) is 0 Å². The highest BCUT2D eigenvalue weighted by Crippen LogP contribution is 2.29. The zero-order valence-corrected chi connectivity index (χ0v) is 10.4. The van der Waals surface area contributed by atoms with E-state index in [1.165, 1.54) is 5.56 Å². The summed E-state index contributed by atoms with van der Waals surface area (Å²) < 4.78 is 10.4. The molecule has 2 rings (SSSR count). The molecule has 0 amide bonds. The first-order valence-electron chi connectivity index (χ1n) is 5.64. The largest absolute Gasteiger partial charge is 0.495 e. The van der Waals surface area contributed by atoms with Crippen molar-refractivity contribution in [2.45, 2.75) is 19.9 Å². The zero-order chi connectivity index (χ0) is 12.3. The van der Waals surface area contributed by atoms with Gasteiger partial charge in [0.05, 0.1) is 31.4 Å². The fourth-order valence-electron chi connectivity index (χ4n) is 1.76. The van der Waals surface area contributed by atoms with E-state index >= 15 is 0 Å². The number of hydrogen-bond acceptors (Lipinski definition) is 3. The Morgan fingerprint density at radius 2 is 2.12 bits per heavy atom. The lowest BCUT2D eigenvalue weighted by Crippen LogP contribution is -2.06. The molecule has 90 valence electrons. The molecular formula is C14H17NO2. The molecule has 1 atom stereocenters. The van der Waals surface area contributed by atoms with Gasteiger partial charge in [-0.1, -0.05) is 6.07 Å². The van der Waals surface area contributed by atoms with E-state index in [0.29, 0.717) is 0 Å². The van der Waals surface area contributed by atoms with Crippen molar-refractivity contribution in [3.05, 3.63) is 47.9 Å². The maximum absolute atomic E-state index is 5.36. The van der Waals surface area contributed by atoms with Gasteiger partial charge in [0.15, 0.2) is 0 Å².